The fourth-order valence-corrected chi connectivity index (χ4v) is 5.86. The van der Waals surface area contributed by atoms with E-state index in [1.54, 1.807) is 16.7 Å². The molecule has 2 atom stereocenters. The Labute approximate surface area is 154 Å². The third kappa shape index (κ3) is 2.57. The Morgan fingerprint density at radius 2 is 1.93 bits per heavy atom. The van der Waals surface area contributed by atoms with Crippen molar-refractivity contribution in [2.45, 2.75) is 23.8 Å². The molecule has 2 aromatic heterocycles. The van der Waals surface area contributed by atoms with Gasteiger partial charge in [0.2, 0.25) is 10.0 Å². The minimum Gasteiger partial charge on any atom is -0.408 e. The van der Waals surface area contributed by atoms with Crippen LogP contribution in [0.25, 0.3) is 11.1 Å². The highest BCUT2D eigenvalue weighted by atomic mass is 32.2. The van der Waals surface area contributed by atoms with Crippen LogP contribution in [-0.2, 0) is 16.6 Å². The number of aromatic amines is 1. The van der Waals surface area contributed by atoms with E-state index in [2.05, 4.69) is 4.98 Å². The third-order valence-corrected chi connectivity index (χ3v) is 7.30. The molecule has 1 fully saturated rings. The van der Waals surface area contributed by atoms with E-state index in [4.69, 9.17) is 4.42 Å². The molecule has 27 heavy (non-hydrogen) atoms. The molecule has 8 nitrogen and oxygen atoms in total. The first-order chi connectivity index (χ1) is 12.9. The Hall–Kier alpha value is -2.65. The summed E-state index contributed by atoms with van der Waals surface area (Å²) in [6.45, 7) is 1.23. The molecule has 0 amide bonds. The van der Waals surface area contributed by atoms with E-state index in [-0.39, 0.29) is 27.9 Å². The molecule has 0 saturated carbocycles. The molecule has 1 N–H and O–H groups in total. The number of hydrogen-bond donors (Lipinski definition) is 1. The molecule has 0 spiro atoms. The monoisotopic (exact) mass is 387 g/mol. The molecule has 1 aromatic carbocycles. The summed E-state index contributed by atoms with van der Waals surface area (Å²) in [5.41, 5.74) is 1.54. The zero-order chi connectivity index (χ0) is 18.8. The molecule has 0 aliphatic carbocycles. The molecule has 2 aliphatic heterocycles. The number of benzene rings is 1. The molecular weight excluding hydrogens is 370 g/mol. The van der Waals surface area contributed by atoms with E-state index >= 15 is 0 Å². The Bertz CT molecular complexity index is 1270. The number of pyridine rings is 1. The van der Waals surface area contributed by atoms with Crippen LogP contribution in [-0.4, -0.2) is 35.4 Å². The van der Waals surface area contributed by atoms with Crippen molar-refractivity contribution in [2.24, 2.45) is 5.92 Å². The van der Waals surface area contributed by atoms with Gasteiger partial charge in [0.25, 0.3) is 5.56 Å². The summed E-state index contributed by atoms with van der Waals surface area (Å²) in [6.07, 6.45) is 0.876. The van der Waals surface area contributed by atoms with Crippen molar-refractivity contribution in [3.63, 3.8) is 0 Å². The quantitative estimate of drug-likeness (QED) is 0.709. The van der Waals surface area contributed by atoms with Crippen LogP contribution in [0.1, 0.15) is 18.0 Å². The first kappa shape index (κ1) is 16.5. The molecule has 9 heteroatoms. The van der Waals surface area contributed by atoms with Crippen LogP contribution in [0, 0.1) is 5.92 Å². The van der Waals surface area contributed by atoms with Crippen molar-refractivity contribution < 1.29 is 12.8 Å². The SMILES string of the molecule is O=c1[nH]c2ccc(S(=O)(=O)N3C[C@H]4C[C@@H](C3)c3cccc(=O)n3C4)cc2o1. The topological polar surface area (TPSA) is 105 Å². The highest BCUT2D eigenvalue weighted by molar-refractivity contribution is 7.89. The smallest absolute Gasteiger partial charge is 0.408 e. The highest BCUT2D eigenvalue weighted by Crippen LogP contribution is 2.37. The molecule has 4 heterocycles. The van der Waals surface area contributed by atoms with E-state index < -0.39 is 15.8 Å². The number of hydrogen-bond acceptors (Lipinski definition) is 5. The molecular formula is C18H17N3O5S. The maximum absolute atomic E-state index is 13.2. The van der Waals surface area contributed by atoms with Gasteiger partial charge in [0.1, 0.15) is 0 Å². The van der Waals surface area contributed by atoms with E-state index in [0.717, 1.165) is 12.1 Å². The van der Waals surface area contributed by atoms with Gasteiger partial charge in [0.15, 0.2) is 5.58 Å². The molecule has 140 valence electrons. The van der Waals surface area contributed by atoms with Gasteiger partial charge < -0.3 is 8.98 Å². The van der Waals surface area contributed by atoms with Crippen molar-refractivity contribution in [1.82, 2.24) is 13.9 Å². The van der Waals surface area contributed by atoms with Gasteiger partial charge in [-0.15, -0.1) is 0 Å². The lowest BCUT2D eigenvalue weighted by molar-refractivity contribution is 0.186. The molecule has 1 saturated heterocycles. The summed E-state index contributed by atoms with van der Waals surface area (Å²) < 4.78 is 34.6. The van der Waals surface area contributed by atoms with Gasteiger partial charge in [0, 0.05) is 43.4 Å². The molecule has 3 aromatic rings. The number of nitrogens with zero attached hydrogens (tertiary/aromatic N) is 2. The van der Waals surface area contributed by atoms with Gasteiger partial charge in [-0.3, -0.25) is 9.78 Å². The fourth-order valence-electron chi connectivity index (χ4n) is 4.28. The van der Waals surface area contributed by atoms with Crippen LogP contribution in [0.15, 0.2) is 55.3 Å². The van der Waals surface area contributed by atoms with Crippen LogP contribution < -0.4 is 11.3 Å². The minimum absolute atomic E-state index is 0.00454. The van der Waals surface area contributed by atoms with Gasteiger partial charge in [0.05, 0.1) is 10.4 Å². The lowest BCUT2D eigenvalue weighted by atomic mass is 9.84. The number of oxazole rings is 1. The van der Waals surface area contributed by atoms with Crippen LogP contribution in [0.2, 0.25) is 0 Å². The number of rotatable bonds is 2. The molecule has 0 unspecified atom stereocenters. The maximum atomic E-state index is 13.2. The molecule has 5 rings (SSSR count). The number of aromatic nitrogens is 2. The Morgan fingerprint density at radius 3 is 2.78 bits per heavy atom. The largest absolute Gasteiger partial charge is 0.417 e. The van der Waals surface area contributed by atoms with Crippen molar-refractivity contribution in [3.05, 3.63) is 63.0 Å². The fraction of sp³-hybridized carbons (Fsp3) is 0.333. The van der Waals surface area contributed by atoms with Gasteiger partial charge in [-0.2, -0.15) is 4.31 Å². The van der Waals surface area contributed by atoms with Crippen molar-refractivity contribution in [2.75, 3.05) is 13.1 Å². The van der Waals surface area contributed by atoms with Crippen LogP contribution in [0.5, 0.6) is 0 Å². The van der Waals surface area contributed by atoms with Gasteiger partial charge in [-0.25, -0.2) is 13.2 Å². The summed E-state index contributed by atoms with van der Waals surface area (Å²) in [4.78, 5) is 26.0. The second-order valence-electron chi connectivity index (χ2n) is 7.19. The lowest BCUT2D eigenvalue weighted by Gasteiger charge is -2.42. The van der Waals surface area contributed by atoms with Gasteiger partial charge >= 0.3 is 5.76 Å². The lowest BCUT2D eigenvalue weighted by Crippen LogP contribution is -2.48. The zero-order valence-electron chi connectivity index (χ0n) is 14.3. The predicted octanol–water partition coefficient (Wildman–Crippen LogP) is 1.09. The maximum Gasteiger partial charge on any atom is 0.417 e. The summed E-state index contributed by atoms with van der Waals surface area (Å²) >= 11 is 0. The molecule has 0 radical (unpaired) electrons. The van der Waals surface area contributed by atoms with Crippen molar-refractivity contribution >= 4 is 21.1 Å². The minimum atomic E-state index is -3.73. The average molecular weight is 387 g/mol. The Balaban J connectivity index is 1.53. The van der Waals surface area contributed by atoms with Crippen molar-refractivity contribution in [1.29, 1.82) is 0 Å². The van der Waals surface area contributed by atoms with Crippen LogP contribution in [0.3, 0.4) is 0 Å². The van der Waals surface area contributed by atoms with E-state index in [0.29, 0.717) is 25.2 Å². The molecule has 2 aliphatic rings. The summed E-state index contributed by atoms with van der Waals surface area (Å²) in [7, 11) is -3.73. The summed E-state index contributed by atoms with van der Waals surface area (Å²) in [6, 6.07) is 9.56. The number of H-pyrrole nitrogens is 1. The predicted molar refractivity (Wildman–Crippen MR) is 97.1 cm³/mol. The number of nitrogens with one attached hydrogen (secondary N) is 1. The standard InChI is InChI=1S/C18H17N3O5S/c22-17-3-1-2-15-12-6-11(9-21(15)17)8-20(10-12)27(24,25)13-4-5-14-16(7-13)26-18(23)19-14/h1-5,7,11-12H,6,8-10H2,(H,19,23)/t11-,12+/m1/s1. The number of fused-ring (bicyclic) bond motifs is 5. The van der Waals surface area contributed by atoms with Gasteiger partial charge in [-0.1, -0.05) is 6.07 Å². The van der Waals surface area contributed by atoms with E-state index in [9.17, 15) is 18.0 Å². The Kier molecular flexibility index (Phi) is 3.47. The Morgan fingerprint density at radius 1 is 1.07 bits per heavy atom. The van der Waals surface area contributed by atoms with Crippen LogP contribution >= 0.6 is 0 Å². The first-order valence-corrected chi connectivity index (χ1v) is 10.2. The van der Waals surface area contributed by atoms with E-state index in [1.807, 2.05) is 6.07 Å². The number of sulfonamides is 1. The van der Waals surface area contributed by atoms with E-state index in [1.165, 1.54) is 22.5 Å². The summed E-state index contributed by atoms with van der Waals surface area (Å²) in [5, 5.41) is 0. The van der Waals surface area contributed by atoms with Crippen molar-refractivity contribution in [3.8, 4) is 0 Å². The third-order valence-electron chi connectivity index (χ3n) is 5.48. The average Bonchev–Trinajstić information content (AvgIpc) is 3.01. The molecule has 2 bridgehead atoms. The first-order valence-electron chi connectivity index (χ1n) is 8.74. The highest BCUT2D eigenvalue weighted by Gasteiger charge is 2.39. The normalized spacial score (nSPS) is 22.7. The van der Waals surface area contributed by atoms with Gasteiger partial charge in [-0.05, 0) is 30.5 Å². The second-order valence-corrected chi connectivity index (χ2v) is 9.13. The second kappa shape index (κ2) is 5.67. The number of piperidine rings is 1. The van der Waals surface area contributed by atoms with Crippen LogP contribution in [0.4, 0.5) is 0 Å². The zero-order valence-corrected chi connectivity index (χ0v) is 15.1. The summed E-state index contributed by atoms with van der Waals surface area (Å²) in [5.74, 6) is -0.524.